The Morgan fingerprint density at radius 3 is 1.89 bits per heavy atom. The molecule has 1 rings (SSSR count). The monoisotopic (exact) mass is 407 g/mol. The SMILES string of the molecule is CCC#CCCN[C](=[Cr])c1ccccc1OC.[C-]#[O+].[C-]#[O+].[C-]#[O+].[C-]#[O+].[C-]#[O+]. The zero-order valence-electron chi connectivity index (χ0n) is 14.8. The minimum atomic E-state index is 0.841. The van der Waals surface area contributed by atoms with Crippen LogP contribution in [0.1, 0.15) is 25.3 Å². The summed E-state index contributed by atoms with van der Waals surface area (Å²) in [6.07, 6.45) is 1.77. The summed E-state index contributed by atoms with van der Waals surface area (Å²) in [6, 6.07) is 7.93. The molecule has 0 amide bonds. The molecule has 0 aliphatic rings. The van der Waals surface area contributed by atoms with Crippen LogP contribution in [0, 0.1) is 45.1 Å². The van der Waals surface area contributed by atoms with E-state index in [0.29, 0.717) is 0 Å². The summed E-state index contributed by atoms with van der Waals surface area (Å²) in [4.78, 5) is 0. The van der Waals surface area contributed by atoms with Crippen molar-refractivity contribution < 1.29 is 43.8 Å². The molecular weight excluding hydrogens is 390 g/mol. The number of rotatable bonds is 5. The zero-order chi connectivity index (χ0) is 22.5. The van der Waals surface area contributed by atoms with Crippen LogP contribution in [-0.2, 0) is 39.1 Å². The van der Waals surface area contributed by atoms with E-state index in [0.717, 1.165) is 35.2 Å². The van der Waals surface area contributed by atoms with Crippen LogP contribution in [0.2, 0.25) is 0 Å². The summed E-state index contributed by atoms with van der Waals surface area (Å²) in [5, 5.41) is 3.31. The van der Waals surface area contributed by atoms with Crippen LogP contribution < -0.4 is 10.1 Å². The van der Waals surface area contributed by atoms with Crippen molar-refractivity contribution in [3.05, 3.63) is 63.1 Å². The maximum absolute atomic E-state index is 7.50. The van der Waals surface area contributed by atoms with Gasteiger partial charge < -0.3 is 0 Å². The summed E-state index contributed by atoms with van der Waals surface area (Å²) in [7, 11) is 1.68. The van der Waals surface area contributed by atoms with Gasteiger partial charge in [-0.25, -0.2) is 0 Å². The molecule has 0 heterocycles. The molecule has 0 aliphatic heterocycles. The first-order valence-corrected chi connectivity index (χ1v) is 7.32. The van der Waals surface area contributed by atoms with Crippen LogP contribution in [0.4, 0.5) is 0 Å². The molecule has 0 bridgehead atoms. The van der Waals surface area contributed by atoms with E-state index in [1.165, 1.54) is 0 Å². The standard InChI is InChI=1S/C14H17NO.5CO.Cr/c1-3-4-5-8-11-15-12-13-9-6-7-10-14(13)16-2;5*1-2;/h6-7,9-10,15H,3,8,11H2,1-2H3;;;;;;. The Labute approximate surface area is 168 Å². The molecule has 1 aromatic rings. The van der Waals surface area contributed by atoms with Crippen molar-refractivity contribution >= 4 is 4.50 Å². The number of nitrogens with one attached hydrogen (secondary N) is 1. The Balaban J connectivity index is -0.000000139. The van der Waals surface area contributed by atoms with Gasteiger partial charge in [0.1, 0.15) is 0 Å². The third kappa shape index (κ3) is 23.6. The predicted molar refractivity (Wildman–Crippen MR) is 87.4 cm³/mol. The quantitative estimate of drug-likeness (QED) is 0.347. The number of benzene rings is 1. The fraction of sp³-hybridized carbons (Fsp3) is 0.263. The van der Waals surface area contributed by atoms with E-state index in [1.54, 1.807) is 7.11 Å². The number of hydrogen-bond donors (Lipinski definition) is 1. The first-order valence-electron chi connectivity index (χ1n) is 6.68. The van der Waals surface area contributed by atoms with E-state index in [2.05, 4.69) is 73.2 Å². The molecule has 0 aliphatic carbocycles. The molecule has 140 valence electrons. The van der Waals surface area contributed by atoms with Gasteiger partial charge in [0.25, 0.3) is 0 Å². The van der Waals surface area contributed by atoms with Gasteiger partial charge in [-0.1, -0.05) is 0 Å². The van der Waals surface area contributed by atoms with Gasteiger partial charge >= 0.3 is 168 Å². The molecule has 1 aromatic carbocycles. The van der Waals surface area contributed by atoms with Crippen LogP contribution in [0.25, 0.3) is 0 Å². The van der Waals surface area contributed by atoms with Gasteiger partial charge in [-0.15, -0.1) is 0 Å². The van der Waals surface area contributed by atoms with Gasteiger partial charge in [-0.05, 0) is 0 Å². The average molecular weight is 407 g/mol. The molecule has 0 saturated carbocycles. The van der Waals surface area contributed by atoms with Crippen LogP contribution in [0.15, 0.2) is 24.3 Å². The fourth-order valence-corrected chi connectivity index (χ4v) is 1.80. The molecule has 0 unspecified atom stereocenters. The third-order valence-corrected chi connectivity index (χ3v) is 2.76. The van der Waals surface area contributed by atoms with Crippen molar-refractivity contribution in [1.29, 1.82) is 0 Å². The summed E-state index contributed by atoms with van der Waals surface area (Å²) < 4.78 is 43.8. The molecule has 1 N–H and O–H groups in total. The Morgan fingerprint density at radius 1 is 0.963 bits per heavy atom. The van der Waals surface area contributed by atoms with Gasteiger partial charge in [0.15, 0.2) is 0 Å². The summed E-state index contributed by atoms with van der Waals surface area (Å²) in [5.74, 6) is 7.02. The zero-order valence-corrected chi connectivity index (χ0v) is 16.1. The van der Waals surface area contributed by atoms with E-state index >= 15 is 0 Å². The molecule has 0 saturated heterocycles. The molecule has 0 fully saturated rings. The number of hydrogen-bond acceptors (Lipinski definition) is 2. The molecule has 7 nitrogen and oxygen atoms in total. The van der Waals surface area contributed by atoms with Crippen molar-refractivity contribution in [2.24, 2.45) is 0 Å². The molecule has 27 heavy (non-hydrogen) atoms. The first kappa shape index (κ1) is 35.7. The van der Waals surface area contributed by atoms with Crippen LogP contribution in [0.3, 0.4) is 0 Å². The second-order valence-corrected chi connectivity index (χ2v) is 4.05. The van der Waals surface area contributed by atoms with Gasteiger partial charge in [-0.3, -0.25) is 0 Å². The Morgan fingerprint density at radius 2 is 1.44 bits per heavy atom. The van der Waals surface area contributed by atoms with Gasteiger partial charge in [0.2, 0.25) is 0 Å². The number of para-hydroxylation sites is 1. The van der Waals surface area contributed by atoms with Crippen LogP contribution in [-0.4, -0.2) is 18.2 Å². The molecule has 8 heteroatoms. The molecule has 0 radical (unpaired) electrons. The minimum absolute atomic E-state index is 0.841. The van der Waals surface area contributed by atoms with E-state index in [4.69, 9.17) is 28.0 Å². The maximum atomic E-state index is 7.50. The summed E-state index contributed by atoms with van der Waals surface area (Å²) in [5.41, 5.74) is 1.05. The van der Waals surface area contributed by atoms with Crippen molar-refractivity contribution in [2.45, 2.75) is 19.8 Å². The van der Waals surface area contributed by atoms with Crippen LogP contribution >= 0.6 is 0 Å². The topological polar surface area (TPSA) is 121 Å². The van der Waals surface area contributed by atoms with E-state index < -0.39 is 0 Å². The Bertz CT molecular complexity index is 600. The van der Waals surface area contributed by atoms with Gasteiger partial charge in [-0.2, -0.15) is 0 Å². The van der Waals surface area contributed by atoms with Crippen molar-refractivity contribution in [1.82, 2.24) is 5.32 Å². The second kappa shape index (κ2) is 38.9. The van der Waals surface area contributed by atoms with Gasteiger partial charge in [0, 0.05) is 0 Å². The molecular formula is C19H17CrNO6. The van der Waals surface area contributed by atoms with Crippen molar-refractivity contribution in [2.75, 3.05) is 13.7 Å². The Kier molecular flexibility index (Phi) is 51.5. The normalized spacial score (nSPS) is 6.22. The van der Waals surface area contributed by atoms with Gasteiger partial charge in [0.05, 0.1) is 0 Å². The van der Waals surface area contributed by atoms with E-state index in [9.17, 15) is 0 Å². The first-order chi connectivity index (χ1) is 13.3. The number of ether oxygens (including phenoxy) is 1. The molecule has 0 atom stereocenters. The van der Waals surface area contributed by atoms with Crippen molar-refractivity contribution in [3.63, 3.8) is 0 Å². The third-order valence-electron chi connectivity index (χ3n) is 2.19. The molecule has 0 spiro atoms. The summed E-state index contributed by atoms with van der Waals surface area (Å²) in [6.45, 7) is 25.4. The molecule has 0 aromatic heterocycles. The Hall–Kier alpha value is -2.36. The van der Waals surface area contributed by atoms with E-state index in [1.807, 2.05) is 24.3 Å². The van der Waals surface area contributed by atoms with Crippen molar-refractivity contribution in [3.8, 4) is 17.6 Å². The number of methoxy groups -OCH3 is 1. The average Bonchev–Trinajstić information content (AvgIpc) is 2.80. The second-order valence-electron chi connectivity index (χ2n) is 3.41. The fourth-order valence-electron chi connectivity index (χ4n) is 1.38. The van der Waals surface area contributed by atoms with Crippen LogP contribution in [0.5, 0.6) is 5.75 Å². The van der Waals surface area contributed by atoms with E-state index in [-0.39, 0.29) is 0 Å². The summed E-state index contributed by atoms with van der Waals surface area (Å²) >= 11 is 3.04. The predicted octanol–water partition coefficient (Wildman–Crippen LogP) is 1.93.